The van der Waals surface area contributed by atoms with Crippen molar-refractivity contribution in [1.82, 2.24) is 4.90 Å². The largest absolute Gasteiger partial charge is 0.490 e. The molecule has 1 aliphatic rings. The molecule has 1 saturated heterocycles. The van der Waals surface area contributed by atoms with Gasteiger partial charge in [-0.2, -0.15) is 0 Å². The zero-order chi connectivity index (χ0) is 16.1. The fraction of sp³-hybridized carbons (Fsp3) is 0.667. The number of aliphatic hydroxyl groups excluding tert-OH is 2. The third-order valence-electron chi connectivity index (χ3n) is 4.46. The van der Waals surface area contributed by atoms with Crippen LogP contribution in [-0.4, -0.2) is 54.1 Å². The lowest BCUT2D eigenvalue weighted by molar-refractivity contribution is 0.0485. The number of likely N-dealkylation sites (tertiary alicyclic amines) is 1. The maximum absolute atomic E-state index is 10.2. The fourth-order valence-corrected chi connectivity index (χ4v) is 3.28. The maximum Gasteiger partial charge on any atom is 0.125 e. The molecule has 0 radical (unpaired) electrons. The highest BCUT2D eigenvalue weighted by Gasteiger charge is 2.20. The number of ether oxygens (including phenoxy) is 1. The Morgan fingerprint density at radius 3 is 2.32 bits per heavy atom. The number of aliphatic hydroxyl groups is 2. The third kappa shape index (κ3) is 4.70. The van der Waals surface area contributed by atoms with Gasteiger partial charge in [0.1, 0.15) is 18.5 Å². The van der Waals surface area contributed by atoms with Crippen molar-refractivity contribution in [3.8, 4) is 5.75 Å². The lowest BCUT2D eigenvalue weighted by Crippen LogP contribution is -2.41. The topological polar surface area (TPSA) is 52.9 Å². The zero-order valence-electron chi connectivity index (χ0n) is 14.0. The number of piperidine rings is 1. The molecule has 0 spiro atoms. The molecule has 2 N–H and O–H groups in total. The Morgan fingerprint density at radius 1 is 1.18 bits per heavy atom. The highest BCUT2D eigenvalue weighted by atomic mass is 16.5. The van der Waals surface area contributed by atoms with Crippen LogP contribution in [-0.2, 0) is 0 Å². The average molecular weight is 307 g/mol. The van der Waals surface area contributed by atoms with E-state index in [1.807, 2.05) is 13.8 Å². The smallest absolute Gasteiger partial charge is 0.125 e. The molecule has 124 valence electrons. The van der Waals surface area contributed by atoms with Gasteiger partial charge in [0.05, 0.1) is 0 Å². The fourth-order valence-electron chi connectivity index (χ4n) is 3.28. The number of aryl methyl sites for hydroxylation is 3. The molecule has 0 bridgehead atoms. The summed E-state index contributed by atoms with van der Waals surface area (Å²) in [6, 6.07) is 4.21. The van der Waals surface area contributed by atoms with Crippen molar-refractivity contribution < 1.29 is 14.9 Å². The second-order valence-electron chi connectivity index (χ2n) is 6.62. The summed E-state index contributed by atoms with van der Waals surface area (Å²) >= 11 is 0. The molecule has 1 fully saturated rings. The summed E-state index contributed by atoms with van der Waals surface area (Å²) in [5.74, 6) is 1.33. The van der Waals surface area contributed by atoms with Crippen LogP contribution in [0.2, 0.25) is 0 Å². The molecule has 1 unspecified atom stereocenters. The number of benzene rings is 1. The molecule has 0 amide bonds. The number of β-amino-alcohol motifs (C(OH)–C–C–N with tert-alkyl or cyclic N) is 1. The molecule has 4 heteroatoms. The second kappa shape index (κ2) is 7.95. The van der Waals surface area contributed by atoms with E-state index >= 15 is 0 Å². The molecule has 4 nitrogen and oxygen atoms in total. The second-order valence-corrected chi connectivity index (χ2v) is 6.62. The molecule has 1 heterocycles. The lowest BCUT2D eigenvalue weighted by Gasteiger charge is -2.32. The predicted octanol–water partition coefficient (Wildman–Crippen LogP) is 2.06. The Morgan fingerprint density at radius 2 is 1.77 bits per heavy atom. The van der Waals surface area contributed by atoms with Crippen molar-refractivity contribution in [2.24, 2.45) is 5.92 Å². The van der Waals surface area contributed by atoms with Crippen LogP contribution in [0.5, 0.6) is 5.75 Å². The Labute approximate surface area is 133 Å². The first-order valence-electron chi connectivity index (χ1n) is 8.21. The highest BCUT2D eigenvalue weighted by molar-refractivity contribution is 5.42. The van der Waals surface area contributed by atoms with Crippen LogP contribution in [0.3, 0.4) is 0 Å². The molecule has 1 aliphatic heterocycles. The quantitative estimate of drug-likeness (QED) is 0.844. The minimum absolute atomic E-state index is 0.283. The summed E-state index contributed by atoms with van der Waals surface area (Å²) in [6.45, 7) is 9.31. The molecule has 0 aliphatic carbocycles. The third-order valence-corrected chi connectivity index (χ3v) is 4.46. The predicted molar refractivity (Wildman–Crippen MR) is 88.4 cm³/mol. The van der Waals surface area contributed by atoms with E-state index < -0.39 is 6.10 Å². The molecular weight excluding hydrogens is 278 g/mol. The van der Waals surface area contributed by atoms with E-state index in [4.69, 9.17) is 9.84 Å². The van der Waals surface area contributed by atoms with E-state index in [1.54, 1.807) is 0 Å². The van der Waals surface area contributed by atoms with Gasteiger partial charge in [-0.1, -0.05) is 17.7 Å². The van der Waals surface area contributed by atoms with Gasteiger partial charge < -0.3 is 19.8 Å². The van der Waals surface area contributed by atoms with Gasteiger partial charge in [-0.25, -0.2) is 0 Å². The van der Waals surface area contributed by atoms with Crippen LogP contribution in [0.25, 0.3) is 0 Å². The van der Waals surface area contributed by atoms with E-state index in [-0.39, 0.29) is 6.61 Å². The van der Waals surface area contributed by atoms with Crippen molar-refractivity contribution in [3.63, 3.8) is 0 Å². The van der Waals surface area contributed by atoms with E-state index in [9.17, 15) is 5.11 Å². The first-order valence-corrected chi connectivity index (χ1v) is 8.21. The highest BCUT2D eigenvalue weighted by Crippen LogP contribution is 2.24. The minimum atomic E-state index is -0.481. The Bertz CT molecular complexity index is 458. The first-order chi connectivity index (χ1) is 10.5. The van der Waals surface area contributed by atoms with E-state index in [1.165, 1.54) is 5.56 Å². The van der Waals surface area contributed by atoms with Gasteiger partial charge in [-0.15, -0.1) is 0 Å². The number of hydrogen-bond acceptors (Lipinski definition) is 4. The van der Waals surface area contributed by atoms with Crippen molar-refractivity contribution in [2.75, 3.05) is 32.8 Å². The number of rotatable bonds is 6. The van der Waals surface area contributed by atoms with E-state index in [0.29, 0.717) is 19.1 Å². The molecule has 1 aromatic carbocycles. The molecule has 0 aromatic heterocycles. The van der Waals surface area contributed by atoms with Crippen LogP contribution in [0.15, 0.2) is 12.1 Å². The normalized spacial score (nSPS) is 18.4. The summed E-state index contributed by atoms with van der Waals surface area (Å²) in [5, 5.41) is 19.4. The molecule has 1 atom stereocenters. The minimum Gasteiger partial charge on any atom is -0.490 e. The maximum atomic E-state index is 10.2. The summed E-state index contributed by atoms with van der Waals surface area (Å²) in [5.41, 5.74) is 3.47. The molecule has 1 aromatic rings. The molecular formula is C18H29NO3. The Kier molecular flexibility index (Phi) is 6.24. The van der Waals surface area contributed by atoms with Gasteiger partial charge >= 0.3 is 0 Å². The molecule has 2 rings (SSSR count). The molecule has 0 saturated carbocycles. The Hall–Kier alpha value is -1.10. The summed E-state index contributed by atoms with van der Waals surface area (Å²) in [6.07, 6.45) is 1.55. The first kappa shape index (κ1) is 17.3. The molecule has 22 heavy (non-hydrogen) atoms. The van der Waals surface area contributed by atoms with E-state index in [2.05, 4.69) is 24.0 Å². The zero-order valence-corrected chi connectivity index (χ0v) is 14.0. The van der Waals surface area contributed by atoms with Gasteiger partial charge in [-0.05, 0) is 63.7 Å². The van der Waals surface area contributed by atoms with Gasteiger partial charge in [0, 0.05) is 13.2 Å². The standard InChI is InChI=1S/C18H29NO3/c1-13-8-14(2)18(15(3)9-13)22-12-17(21)10-19-6-4-16(11-20)5-7-19/h8-9,16-17,20-21H,4-7,10-12H2,1-3H3. The van der Waals surface area contributed by atoms with Crippen LogP contribution in [0, 0.1) is 26.7 Å². The van der Waals surface area contributed by atoms with Crippen molar-refractivity contribution >= 4 is 0 Å². The van der Waals surface area contributed by atoms with Gasteiger partial charge in [0.2, 0.25) is 0 Å². The van der Waals surface area contributed by atoms with Crippen LogP contribution >= 0.6 is 0 Å². The average Bonchev–Trinajstić information content (AvgIpc) is 2.47. The summed E-state index contributed by atoms with van der Waals surface area (Å²) < 4.78 is 5.85. The van der Waals surface area contributed by atoms with Gasteiger partial charge in [0.15, 0.2) is 0 Å². The van der Waals surface area contributed by atoms with Gasteiger partial charge in [-0.3, -0.25) is 0 Å². The van der Waals surface area contributed by atoms with Crippen molar-refractivity contribution in [1.29, 1.82) is 0 Å². The number of nitrogens with zero attached hydrogens (tertiary/aromatic N) is 1. The van der Waals surface area contributed by atoms with Crippen molar-refractivity contribution in [3.05, 3.63) is 28.8 Å². The van der Waals surface area contributed by atoms with Crippen LogP contribution in [0.4, 0.5) is 0 Å². The number of hydrogen-bond donors (Lipinski definition) is 2. The van der Waals surface area contributed by atoms with E-state index in [0.717, 1.165) is 42.8 Å². The summed E-state index contributed by atoms with van der Waals surface area (Å²) in [4.78, 5) is 2.26. The van der Waals surface area contributed by atoms with Gasteiger partial charge in [0.25, 0.3) is 0 Å². The van der Waals surface area contributed by atoms with Crippen molar-refractivity contribution in [2.45, 2.75) is 39.7 Å². The lowest BCUT2D eigenvalue weighted by atomic mass is 9.98. The SMILES string of the molecule is Cc1cc(C)c(OCC(O)CN2CCC(CO)CC2)c(C)c1. The van der Waals surface area contributed by atoms with Crippen LogP contribution in [0.1, 0.15) is 29.5 Å². The van der Waals surface area contributed by atoms with Crippen LogP contribution < -0.4 is 4.74 Å². The Balaban J connectivity index is 1.80. The monoisotopic (exact) mass is 307 g/mol. The summed E-state index contributed by atoms with van der Waals surface area (Å²) in [7, 11) is 0.